The molecule has 3 heterocycles. The maximum Gasteiger partial charge on any atom is 0.331 e. The number of para-hydroxylation sites is 1. The van der Waals surface area contributed by atoms with Crippen molar-refractivity contribution in [2.45, 2.75) is 38.9 Å². The molecule has 0 atom stereocenters. The third-order valence-electron chi connectivity index (χ3n) is 6.34. The molecule has 0 radical (unpaired) electrons. The van der Waals surface area contributed by atoms with Crippen molar-refractivity contribution < 1.29 is 23.5 Å². The topological polar surface area (TPSA) is 134 Å². The van der Waals surface area contributed by atoms with Crippen LogP contribution in [-0.4, -0.2) is 34.2 Å². The Hall–Kier alpha value is -4.80. The van der Waals surface area contributed by atoms with Gasteiger partial charge in [0.15, 0.2) is 11.5 Å². The molecule has 2 aromatic heterocycles. The van der Waals surface area contributed by atoms with Gasteiger partial charge in [-0.1, -0.05) is 12.1 Å². The summed E-state index contributed by atoms with van der Waals surface area (Å²) in [5, 5.41) is 5.89. The fourth-order valence-electron chi connectivity index (χ4n) is 4.43. The number of rotatable bonds is 10. The smallest absolute Gasteiger partial charge is 0.331 e. The predicted molar refractivity (Wildman–Crippen MR) is 143 cm³/mol. The van der Waals surface area contributed by atoms with Gasteiger partial charge in [0.2, 0.25) is 11.8 Å². The summed E-state index contributed by atoms with van der Waals surface area (Å²) in [5.41, 5.74) is -0.140. The van der Waals surface area contributed by atoms with Gasteiger partial charge in [-0.25, -0.2) is 4.79 Å². The molecule has 11 nitrogen and oxygen atoms in total. The molecule has 2 N–H and O–H groups in total. The van der Waals surface area contributed by atoms with Gasteiger partial charge < -0.3 is 24.5 Å². The number of carbonyl (C=O) groups is 2. The molecule has 0 saturated carbocycles. The van der Waals surface area contributed by atoms with E-state index in [1.165, 1.54) is 10.8 Å². The van der Waals surface area contributed by atoms with Crippen molar-refractivity contribution >= 4 is 28.4 Å². The van der Waals surface area contributed by atoms with E-state index in [4.69, 9.17) is 13.9 Å². The van der Waals surface area contributed by atoms with E-state index in [-0.39, 0.29) is 25.4 Å². The molecule has 4 aromatic rings. The maximum absolute atomic E-state index is 13.4. The number of hydrogen-bond donors (Lipinski definition) is 2. The van der Waals surface area contributed by atoms with Crippen molar-refractivity contribution in [1.82, 2.24) is 14.5 Å². The Morgan fingerprint density at radius 1 is 0.872 bits per heavy atom. The first kappa shape index (κ1) is 25.8. The Morgan fingerprint density at radius 3 is 2.51 bits per heavy atom. The second kappa shape index (κ2) is 11.7. The zero-order valence-corrected chi connectivity index (χ0v) is 21.2. The Morgan fingerprint density at radius 2 is 1.69 bits per heavy atom. The van der Waals surface area contributed by atoms with Crippen LogP contribution in [0.1, 0.15) is 25.0 Å². The van der Waals surface area contributed by atoms with E-state index in [2.05, 4.69) is 10.6 Å². The number of benzene rings is 2. The highest BCUT2D eigenvalue weighted by Crippen LogP contribution is 2.32. The number of aromatic nitrogens is 2. The first-order valence-corrected chi connectivity index (χ1v) is 12.7. The highest BCUT2D eigenvalue weighted by atomic mass is 16.6. The van der Waals surface area contributed by atoms with Crippen LogP contribution in [0.15, 0.2) is 74.9 Å². The molecule has 39 heavy (non-hydrogen) atoms. The van der Waals surface area contributed by atoms with E-state index in [1.807, 2.05) is 0 Å². The number of hydrogen-bond acceptors (Lipinski definition) is 7. The zero-order valence-electron chi connectivity index (χ0n) is 21.2. The molecule has 0 saturated heterocycles. The van der Waals surface area contributed by atoms with E-state index in [9.17, 15) is 19.2 Å². The average Bonchev–Trinajstić information content (AvgIpc) is 3.47. The van der Waals surface area contributed by atoms with Gasteiger partial charge in [0.25, 0.3) is 5.56 Å². The van der Waals surface area contributed by atoms with Gasteiger partial charge in [-0.15, -0.1) is 0 Å². The number of nitrogens with zero attached hydrogens (tertiary/aromatic N) is 2. The number of ether oxygens (including phenoxy) is 2. The lowest BCUT2D eigenvalue weighted by Crippen LogP contribution is -2.41. The van der Waals surface area contributed by atoms with Crippen LogP contribution in [-0.2, 0) is 29.2 Å². The number of unbranched alkanes of at least 4 members (excludes halogenated alkanes) is 1. The van der Waals surface area contributed by atoms with Gasteiger partial charge in [0.05, 0.1) is 23.7 Å². The standard InChI is InChI=1S/C28H28N4O7/c33-25(29-17-20-6-5-13-37-20)9-3-4-12-31-27(35)21-7-1-2-8-22(21)32(28(31)36)18-26(34)30-19-10-11-23-24(16-19)39-15-14-38-23/h1-2,5-8,10-11,13,16H,3-4,9,12,14-15,17-18H2,(H,29,33)(H,30,34). The summed E-state index contributed by atoms with van der Waals surface area (Å²) in [5.74, 6) is 1.21. The summed E-state index contributed by atoms with van der Waals surface area (Å²) >= 11 is 0. The second-order valence-corrected chi connectivity index (χ2v) is 9.06. The molecular weight excluding hydrogens is 504 g/mol. The number of carbonyl (C=O) groups excluding carboxylic acids is 2. The minimum absolute atomic E-state index is 0.123. The fraction of sp³-hybridized carbons (Fsp3) is 0.286. The predicted octanol–water partition coefficient (Wildman–Crippen LogP) is 2.65. The minimum Gasteiger partial charge on any atom is -0.486 e. The molecule has 1 aliphatic heterocycles. The van der Waals surface area contributed by atoms with Crippen molar-refractivity contribution in [2.75, 3.05) is 18.5 Å². The van der Waals surface area contributed by atoms with Gasteiger partial charge in [-0.2, -0.15) is 0 Å². The molecule has 1 aliphatic rings. The molecule has 5 rings (SSSR count). The largest absolute Gasteiger partial charge is 0.486 e. The monoisotopic (exact) mass is 532 g/mol. The molecule has 0 spiro atoms. The molecule has 2 amide bonds. The molecule has 2 aromatic carbocycles. The van der Waals surface area contributed by atoms with Crippen molar-refractivity contribution in [1.29, 1.82) is 0 Å². The number of nitrogens with one attached hydrogen (secondary N) is 2. The number of anilines is 1. The van der Waals surface area contributed by atoms with Crippen molar-refractivity contribution in [3.8, 4) is 11.5 Å². The minimum atomic E-state index is -0.585. The van der Waals surface area contributed by atoms with E-state index in [1.54, 1.807) is 54.6 Å². The third-order valence-corrected chi connectivity index (χ3v) is 6.34. The highest BCUT2D eigenvalue weighted by Gasteiger charge is 2.17. The van der Waals surface area contributed by atoms with Crippen LogP contribution in [0.2, 0.25) is 0 Å². The Kier molecular flexibility index (Phi) is 7.76. The van der Waals surface area contributed by atoms with E-state index >= 15 is 0 Å². The molecule has 0 fully saturated rings. The fourth-order valence-corrected chi connectivity index (χ4v) is 4.43. The summed E-state index contributed by atoms with van der Waals surface area (Å²) in [6, 6.07) is 15.3. The van der Waals surface area contributed by atoms with Crippen LogP contribution >= 0.6 is 0 Å². The summed E-state index contributed by atoms with van der Waals surface area (Å²) < 4.78 is 18.7. The number of fused-ring (bicyclic) bond motifs is 2. The number of amides is 2. The maximum atomic E-state index is 13.4. The van der Waals surface area contributed by atoms with E-state index in [0.717, 1.165) is 4.57 Å². The van der Waals surface area contributed by atoms with Crippen molar-refractivity contribution in [3.63, 3.8) is 0 Å². The lowest BCUT2D eigenvalue weighted by molar-refractivity contribution is -0.121. The summed E-state index contributed by atoms with van der Waals surface area (Å²) in [4.78, 5) is 51.5. The number of furan rings is 1. The quantitative estimate of drug-likeness (QED) is 0.300. The van der Waals surface area contributed by atoms with Gasteiger partial charge in [-0.3, -0.25) is 23.5 Å². The van der Waals surface area contributed by atoms with E-state index < -0.39 is 17.2 Å². The van der Waals surface area contributed by atoms with Crippen LogP contribution in [0.3, 0.4) is 0 Å². The van der Waals surface area contributed by atoms with Gasteiger partial charge in [-0.05, 0) is 49.2 Å². The van der Waals surface area contributed by atoms with Gasteiger partial charge in [0.1, 0.15) is 25.5 Å². The normalized spacial score (nSPS) is 12.3. The first-order chi connectivity index (χ1) is 19.0. The SMILES string of the molecule is O=C(CCCCn1c(=O)c2ccccc2n(CC(=O)Nc2ccc3c(c2)OCCO3)c1=O)NCc1ccco1. The molecule has 11 heteroatoms. The molecule has 0 aliphatic carbocycles. The van der Waals surface area contributed by atoms with Crippen molar-refractivity contribution in [3.05, 3.63) is 87.5 Å². The lowest BCUT2D eigenvalue weighted by Gasteiger charge is -2.19. The van der Waals surface area contributed by atoms with Crippen LogP contribution in [0.25, 0.3) is 10.9 Å². The van der Waals surface area contributed by atoms with Crippen molar-refractivity contribution in [2.24, 2.45) is 0 Å². The molecule has 0 unspecified atom stereocenters. The first-order valence-electron chi connectivity index (χ1n) is 12.7. The highest BCUT2D eigenvalue weighted by molar-refractivity contribution is 5.92. The molecule has 202 valence electrons. The Balaban J connectivity index is 1.27. The van der Waals surface area contributed by atoms with Gasteiger partial charge in [0, 0.05) is 24.7 Å². The van der Waals surface area contributed by atoms with Crippen LogP contribution in [0, 0.1) is 0 Å². The summed E-state index contributed by atoms with van der Waals surface area (Å²) in [6.45, 7) is 1.02. The lowest BCUT2D eigenvalue weighted by atomic mass is 10.2. The Labute approximate surface area is 222 Å². The van der Waals surface area contributed by atoms with Crippen LogP contribution in [0.5, 0.6) is 11.5 Å². The van der Waals surface area contributed by atoms with Gasteiger partial charge >= 0.3 is 5.69 Å². The summed E-state index contributed by atoms with van der Waals surface area (Å²) in [6.07, 6.45) is 2.70. The Bertz CT molecular complexity index is 1600. The average molecular weight is 533 g/mol. The van der Waals surface area contributed by atoms with Crippen LogP contribution < -0.4 is 31.4 Å². The van der Waals surface area contributed by atoms with Crippen LogP contribution in [0.4, 0.5) is 5.69 Å². The zero-order chi connectivity index (χ0) is 27.2. The third kappa shape index (κ3) is 6.03. The molecule has 0 bridgehead atoms. The summed E-state index contributed by atoms with van der Waals surface area (Å²) in [7, 11) is 0. The second-order valence-electron chi connectivity index (χ2n) is 9.06. The van der Waals surface area contributed by atoms with E-state index in [0.29, 0.717) is 66.4 Å². The molecular formula is C28H28N4O7.